The molecule has 4 rings (SSSR count). The number of aliphatic imine (C=N–C) groups is 1. The van der Waals surface area contributed by atoms with E-state index in [-0.39, 0.29) is 5.69 Å². The zero-order chi connectivity index (χ0) is 19.5. The molecule has 0 spiro atoms. The van der Waals surface area contributed by atoms with Crippen LogP contribution >= 0.6 is 0 Å². The zero-order valence-electron chi connectivity index (χ0n) is 14.9. The molecule has 8 heteroatoms. The lowest BCUT2D eigenvalue weighted by Crippen LogP contribution is -2.02. The predicted molar refractivity (Wildman–Crippen MR) is 106 cm³/mol. The van der Waals surface area contributed by atoms with Crippen LogP contribution in [0.15, 0.2) is 65.8 Å². The Kier molecular flexibility index (Phi) is 4.59. The Balaban J connectivity index is 1.54. The van der Waals surface area contributed by atoms with Crippen LogP contribution in [-0.2, 0) is 13.1 Å². The lowest BCUT2D eigenvalue weighted by Gasteiger charge is -2.04. The molecule has 138 valence electrons. The van der Waals surface area contributed by atoms with E-state index in [4.69, 9.17) is 0 Å². The van der Waals surface area contributed by atoms with Crippen LogP contribution in [-0.4, -0.2) is 31.6 Å². The van der Waals surface area contributed by atoms with Gasteiger partial charge in [-0.1, -0.05) is 17.3 Å². The van der Waals surface area contributed by atoms with Crippen molar-refractivity contribution in [3.05, 3.63) is 82.2 Å². The van der Waals surface area contributed by atoms with Gasteiger partial charge in [0.2, 0.25) is 0 Å². The minimum absolute atomic E-state index is 0.0449. The fourth-order valence-electron chi connectivity index (χ4n) is 2.96. The van der Waals surface area contributed by atoms with Crippen molar-refractivity contribution in [2.24, 2.45) is 4.99 Å². The Morgan fingerprint density at radius 1 is 1.11 bits per heavy atom. The predicted octanol–water partition coefficient (Wildman–Crippen LogP) is 3.65. The van der Waals surface area contributed by atoms with Crippen LogP contribution in [0, 0.1) is 10.1 Å². The van der Waals surface area contributed by atoms with Gasteiger partial charge in [0.15, 0.2) is 0 Å². The van der Waals surface area contributed by atoms with E-state index in [2.05, 4.69) is 33.1 Å². The van der Waals surface area contributed by atoms with E-state index in [1.807, 2.05) is 24.3 Å². The van der Waals surface area contributed by atoms with Gasteiger partial charge in [-0.2, -0.15) is 0 Å². The van der Waals surface area contributed by atoms with Crippen molar-refractivity contribution in [1.82, 2.24) is 20.0 Å². The second kappa shape index (κ2) is 7.36. The molecule has 0 amide bonds. The molecule has 0 aliphatic heterocycles. The molecular weight excluding hydrogens is 356 g/mol. The van der Waals surface area contributed by atoms with Gasteiger partial charge in [0, 0.05) is 23.1 Å². The van der Waals surface area contributed by atoms with E-state index in [0.717, 1.165) is 27.7 Å². The highest BCUT2D eigenvalue weighted by Gasteiger charge is 2.09. The minimum atomic E-state index is -0.428. The van der Waals surface area contributed by atoms with Crippen LogP contribution in [0.1, 0.15) is 11.3 Å². The van der Waals surface area contributed by atoms with Gasteiger partial charge < -0.3 is 0 Å². The molecule has 2 heterocycles. The van der Waals surface area contributed by atoms with Gasteiger partial charge in [-0.3, -0.25) is 20.1 Å². The smallest absolute Gasteiger partial charge is 0.269 e. The molecule has 0 N–H and O–H groups in total. The summed E-state index contributed by atoms with van der Waals surface area (Å²) in [5.74, 6) is 0. The van der Waals surface area contributed by atoms with Crippen LogP contribution in [0.2, 0.25) is 0 Å². The van der Waals surface area contributed by atoms with Crippen LogP contribution in [0.25, 0.3) is 22.2 Å². The van der Waals surface area contributed by atoms with Gasteiger partial charge in [-0.05, 0) is 42.6 Å². The first-order valence-electron chi connectivity index (χ1n) is 8.58. The maximum absolute atomic E-state index is 10.8. The van der Waals surface area contributed by atoms with Gasteiger partial charge >= 0.3 is 0 Å². The second-order valence-electron chi connectivity index (χ2n) is 6.32. The first kappa shape index (κ1) is 17.5. The summed E-state index contributed by atoms with van der Waals surface area (Å²) in [7, 11) is 0. The number of aromatic nitrogens is 4. The Labute approximate surface area is 160 Å². The molecule has 2 aromatic heterocycles. The van der Waals surface area contributed by atoms with E-state index >= 15 is 0 Å². The van der Waals surface area contributed by atoms with Crippen molar-refractivity contribution >= 4 is 23.3 Å². The van der Waals surface area contributed by atoms with Gasteiger partial charge in [0.1, 0.15) is 5.69 Å². The normalized spacial score (nSPS) is 10.9. The molecule has 4 aromatic rings. The summed E-state index contributed by atoms with van der Waals surface area (Å²) in [6.07, 6.45) is 1.80. The Hall–Kier alpha value is -3.94. The summed E-state index contributed by atoms with van der Waals surface area (Å²) in [4.78, 5) is 18.9. The second-order valence-corrected chi connectivity index (χ2v) is 6.32. The van der Waals surface area contributed by atoms with E-state index in [1.54, 1.807) is 23.0 Å². The molecule has 0 aliphatic carbocycles. The number of nitrogens with zero attached hydrogens (tertiary/aromatic N) is 6. The summed E-state index contributed by atoms with van der Waals surface area (Å²) < 4.78 is 1.70. The largest absolute Gasteiger partial charge is 0.296 e. The number of nitro groups is 1. The Morgan fingerprint density at radius 2 is 1.93 bits per heavy atom. The number of fused-ring (bicyclic) bond motifs is 1. The number of hydrogen-bond acceptors (Lipinski definition) is 6. The van der Waals surface area contributed by atoms with Gasteiger partial charge in [-0.15, -0.1) is 5.10 Å². The maximum Gasteiger partial charge on any atom is 0.269 e. The standard InChI is InChI=1S/C20H16N6O2/c1-21-11-14-2-9-19-16(10-14)3-6-17(22-19)12-25-13-20(23-24-25)15-4-7-18(8-5-15)26(27)28/h2-10,13H,1,11-12H2. The third kappa shape index (κ3) is 3.61. The third-order valence-electron chi connectivity index (χ3n) is 4.34. The van der Waals surface area contributed by atoms with Crippen LogP contribution in [0.5, 0.6) is 0 Å². The van der Waals surface area contributed by atoms with E-state index in [0.29, 0.717) is 18.8 Å². The zero-order valence-corrected chi connectivity index (χ0v) is 14.9. The number of nitro benzene ring substituents is 1. The average molecular weight is 372 g/mol. The molecule has 0 atom stereocenters. The van der Waals surface area contributed by atoms with Gasteiger partial charge in [-0.25, -0.2) is 4.68 Å². The fourth-order valence-corrected chi connectivity index (χ4v) is 2.96. The molecule has 0 radical (unpaired) electrons. The summed E-state index contributed by atoms with van der Waals surface area (Å²) in [6.45, 7) is 4.59. The quantitative estimate of drug-likeness (QED) is 0.292. The fraction of sp³-hybridized carbons (Fsp3) is 0.100. The number of pyridine rings is 1. The summed E-state index contributed by atoms with van der Waals surface area (Å²) >= 11 is 0. The Morgan fingerprint density at radius 3 is 2.68 bits per heavy atom. The van der Waals surface area contributed by atoms with Crippen LogP contribution < -0.4 is 0 Å². The average Bonchev–Trinajstić information content (AvgIpc) is 3.17. The van der Waals surface area contributed by atoms with E-state index < -0.39 is 4.92 Å². The number of non-ortho nitro benzene ring substituents is 1. The highest BCUT2D eigenvalue weighted by molar-refractivity contribution is 5.79. The molecule has 0 fully saturated rings. The van der Waals surface area contributed by atoms with E-state index in [9.17, 15) is 10.1 Å². The molecule has 0 aliphatic rings. The van der Waals surface area contributed by atoms with Crippen molar-refractivity contribution < 1.29 is 4.92 Å². The highest BCUT2D eigenvalue weighted by atomic mass is 16.6. The molecule has 0 bridgehead atoms. The van der Waals surface area contributed by atoms with Crippen LogP contribution in [0.4, 0.5) is 5.69 Å². The third-order valence-corrected chi connectivity index (χ3v) is 4.34. The molecule has 8 nitrogen and oxygen atoms in total. The molecule has 0 saturated carbocycles. The van der Waals surface area contributed by atoms with Crippen molar-refractivity contribution in [1.29, 1.82) is 0 Å². The lowest BCUT2D eigenvalue weighted by atomic mass is 10.1. The summed E-state index contributed by atoms with van der Waals surface area (Å²) in [5.41, 5.74) is 4.33. The first-order chi connectivity index (χ1) is 13.6. The van der Waals surface area contributed by atoms with Crippen molar-refractivity contribution in [2.75, 3.05) is 0 Å². The molecule has 0 saturated heterocycles. The molecule has 2 aromatic carbocycles. The molecular formula is C20H16N6O2. The van der Waals surface area contributed by atoms with Gasteiger partial charge in [0.25, 0.3) is 5.69 Å². The monoisotopic (exact) mass is 372 g/mol. The van der Waals surface area contributed by atoms with E-state index in [1.165, 1.54) is 12.1 Å². The number of benzene rings is 2. The maximum atomic E-state index is 10.8. The lowest BCUT2D eigenvalue weighted by molar-refractivity contribution is -0.384. The number of rotatable bonds is 6. The number of hydrogen-bond donors (Lipinski definition) is 0. The summed E-state index contributed by atoms with van der Waals surface area (Å²) in [6, 6.07) is 16.2. The minimum Gasteiger partial charge on any atom is -0.296 e. The Bertz CT molecular complexity index is 1170. The molecule has 28 heavy (non-hydrogen) atoms. The molecule has 0 unspecified atom stereocenters. The summed E-state index contributed by atoms with van der Waals surface area (Å²) in [5, 5.41) is 20.1. The SMILES string of the molecule is C=NCc1ccc2nc(Cn3cc(-c4ccc([N+](=O)[O-])cc4)nn3)ccc2c1. The van der Waals surface area contributed by atoms with Crippen molar-refractivity contribution in [3.8, 4) is 11.3 Å². The van der Waals surface area contributed by atoms with Crippen LogP contribution in [0.3, 0.4) is 0 Å². The highest BCUT2D eigenvalue weighted by Crippen LogP contribution is 2.21. The first-order valence-corrected chi connectivity index (χ1v) is 8.58. The topological polar surface area (TPSA) is 99.1 Å². The van der Waals surface area contributed by atoms with Gasteiger partial charge in [0.05, 0.1) is 35.4 Å². The van der Waals surface area contributed by atoms with Crippen molar-refractivity contribution in [3.63, 3.8) is 0 Å². The van der Waals surface area contributed by atoms with Crippen molar-refractivity contribution in [2.45, 2.75) is 13.1 Å².